The maximum Gasteiger partial charge on any atom is 0.343 e. The van der Waals surface area contributed by atoms with Gasteiger partial charge in [0.25, 0.3) is 0 Å². The number of fused-ring (bicyclic) bond motifs is 10. The normalized spacial score (nSPS) is 57.5. The minimum Gasteiger partial charge on any atom is -0.462 e. The second-order valence-electron chi connectivity index (χ2n) is 15.2. The molecule has 43 heavy (non-hydrogen) atoms. The Morgan fingerprint density at radius 2 is 1.63 bits per heavy atom. The lowest BCUT2D eigenvalue weighted by Crippen LogP contribution is -2.76. The molecular formula is C32H42O11. The number of carbonyl (C=O) groups excluding carboxylic acids is 4. The van der Waals surface area contributed by atoms with Crippen LogP contribution in [0, 0.1) is 51.8 Å². The molecule has 3 N–H and O–H groups in total. The molecular weight excluding hydrogens is 560 g/mol. The van der Waals surface area contributed by atoms with Crippen LogP contribution < -0.4 is 0 Å². The molecule has 11 nitrogen and oxygen atoms in total. The molecule has 0 spiro atoms. The monoisotopic (exact) mass is 602 g/mol. The van der Waals surface area contributed by atoms with Crippen LogP contribution in [-0.2, 0) is 38.1 Å². The molecule has 0 radical (unpaired) electrons. The van der Waals surface area contributed by atoms with Gasteiger partial charge in [0.1, 0.15) is 35.8 Å². The number of carbonyl (C=O) groups is 4. The van der Waals surface area contributed by atoms with Crippen LogP contribution in [0.1, 0.15) is 67.7 Å². The summed E-state index contributed by atoms with van der Waals surface area (Å²) in [7, 11) is 0. The van der Waals surface area contributed by atoms with Gasteiger partial charge in [-0.3, -0.25) is 14.4 Å². The lowest BCUT2D eigenvalue weighted by molar-refractivity contribution is -0.263. The molecule has 236 valence electrons. The summed E-state index contributed by atoms with van der Waals surface area (Å²) < 4.78 is 23.4. The lowest BCUT2D eigenvalue weighted by atomic mass is 9.40. The molecule has 6 fully saturated rings. The third-order valence-electron chi connectivity index (χ3n) is 13.7. The number of epoxide rings is 1. The van der Waals surface area contributed by atoms with E-state index in [1.54, 1.807) is 6.92 Å². The first-order valence-electron chi connectivity index (χ1n) is 15.5. The minimum atomic E-state index is -2.03. The maximum absolute atomic E-state index is 14.2. The highest BCUT2D eigenvalue weighted by Crippen LogP contribution is 2.75. The first-order chi connectivity index (χ1) is 19.9. The van der Waals surface area contributed by atoms with Gasteiger partial charge in [-0.05, 0) is 68.3 Å². The first-order valence-corrected chi connectivity index (χ1v) is 15.5. The van der Waals surface area contributed by atoms with Gasteiger partial charge in [-0.25, -0.2) is 4.79 Å². The number of Topliss-reactive ketones (excluding diaryl/α,β-unsaturated/α-hetero) is 1. The molecule has 0 aromatic heterocycles. The summed E-state index contributed by atoms with van der Waals surface area (Å²) in [5, 5.41) is 35.7. The van der Waals surface area contributed by atoms with Crippen LogP contribution in [0.25, 0.3) is 0 Å². The average molecular weight is 603 g/mol. The molecule has 5 aliphatic carbocycles. The molecule has 2 saturated heterocycles. The van der Waals surface area contributed by atoms with E-state index < -0.39 is 99.4 Å². The van der Waals surface area contributed by atoms with Gasteiger partial charge >= 0.3 is 17.9 Å². The number of allylic oxidation sites excluding steroid dienone is 1. The van der Waals surface area contributed by atoms with Crippen molar-refractivity contribution in [3.63, 3.8) is 0 Å². The molecule has 0 amide bonds. The van der Waals surface area contributed by atoms with Gasteiger partial charge in [0.05, 0.1) is 11.5 Å². The van der Waals surface area contributed by atoms with E-state index in [-0.39, 0.29) is 30.6 Å². The van der Waals surface area contributed by atoms with Gasteiger partial charge in [-0.2, -0.15) is 0 Å². The van der Waals surface area contributed by atoms with Crippen LogP contribution in [0.2, 0.25) is 0 Å². The predicted molar refractivity (Wildman–Crippen MR) is 145 cm³/mol. The van der Waals surface area contributed by atoms with Crippen LogP contribution in [-0.4, -0.2) is 80.7 Å². The number of esters is 3. The standard InChI is InChI=1S/C32H42O11/c1-12-8-20-29(5,31(7,38)27(37)43-20)17-9-15-21-16(10-19(40-13(2)33)28(15,4)22(12)17)30(6)26(41-14(3)34)24-18(42-24)11-32(30,39)25(36)23(21)35/h8,12,15-19,21-24,26,35,38-39H,9-11H2,1-7H3/t12-,15+,16+,17-,18+,19+,21+,22+,23+,24+,26+,28-,29-,30+,31-,32+/m1/s1. The Morgan fingerprint density at radius 1 is 0.977 bits per heavy atom. The van der Waals surface area contributed by atoms with Gasteiger partial charge in [-0.1, -0.05) is 20.8 Å². The Labute approximate surface area is 250 Å². The zero-order chi connectivity index (χ0) is 31.4. The Hall–Kier alpha value is -2.34. The van der Waals surface area contributed by atoms with Crippen molar-refractivity contribution >= 4 is 23.7 Å². The van der Waals surface area contributed by atoms with Gasteiger partial charge in [0.2, 0.25) is 0 Å². The zero-order valence-corrected chi connectivity index (χ0v) is 25.7. The van der Waals surface area contributed by atoms with E-state index in [0.29, 0.717) is 12.2 Å². The molecule has 16 atom stereocenters. The summed E-state index contributed by atoms with van der Waals surface area (Å²) in [6.45, 7) is 11.7. The van der Waals surface area contributed by atoms with Crippen LogP contribution in [0.5, 0.6) is 0 Å². The van der Waals surface area contributed by atoms with Gasteiger partial charge in [-0.15, -0.1) is 0 Å². The fourth-order valence-electron chi connectivity index (χ4n) is 11.5. The van der Waals surface area contributed by atoms with Crippen LogP contribution >= 0.6 is 0 Å². The van der Waals surface area contributed by atoms with E-state index in [4.69, 9.17) is 18.9 Å². The highest BCUT2D eigenvalue weighted by atomic mass is 16.6. The van der Waals surface area contributed by atoms with E-state index >= 15 is 0 Å². The lowest BCUT2D eigenvalue weighted by Gasteiger charge is -2.65. The number of rotatable bonds is 2. The second kappa shape index (κ2) is 8.47. The van der Waals surface area contributed by atoms with Crippen molar-refractivity contribution in [1.29, 1.82) is 0 Å². The number of hydrogen-bond donors (Lipinski definition) is 3. The Bertz CT molecular complexity index is 1370. The predicted octanol–water partition coefficient (Wildman–Crippen LogP) is 1.44. The summed E-state index contributed by atoms with van der Waals surface area (Å²) in [6, 6.07) is 0. The molecule has 0 aromatic carbocycles. The number of ether oxygens (including phenoxy) is 4. The van der Waals surface area contributed by atoms with Gasteiger partial charge in [0, 0.05) is 31.1 Å². The van der Waals surface area contributed by atoms with Crippen molar-refractivity contribution in [2.24, 2.45) is 51.8 Å². The van der Waals surface area contributed by atoms with E-state index in [2.05, 4.69) is 0 Å². The molecule has 2 heterocycles. The minimum absolute atomic E-state index is 0.0266. The van der Waals surface area contributed by atoms with E-state index in [1.165, 1.54) is 20.8 Å². The summed E-state index contributed by atoms with van der Waals surface area (Å²) in [6.07, 6.45) is -1.66. The molecule has 0 unspecified atom stereocenters. The number of ketones is 1. The average Bonchev–Trinajstić information content (AvgIpc) is 3.54. The maximum atomic E-state index is 14.2. The summed E-state index contributed by atoms with van der Waals surface area (Å²) in [5.41, 5.74) is -7.07. The first kappa shape index (κ1) is 29.4. The molecule has 4 saturated carbocycles. The molecule has 0 bridgehead atoms. The van der Waals surface area contributed by atoms with Crippen LogP contribution in [0.4, 0.5) is 0 Å². The van der Waals surface area contributed by atoms with E-state index in [1.807, 2.05) is 26.8 Å². The summed E-state index contributed by atoms with van der Waals surface area (Å²) in [5.74, 6) is -4.45. The van der Waals surface area contributed by atoms with Crippen molar-refractivity contribution in [2.75, 3.05) is 0 Å². The Balaban J connectivity index is 1.41. The van der Waals surface area contributed by atoms with Crippen LogP contribution in [0.3, 0.4) is 0 Å². The third kappa shape index (κ3) is 3.20. The number of aliphatic hydroxyl groups excluding tert-OH is 1. The molecule has 7 rings (SSSR count). The molecule has 0 aromatic rings. The van der Waals surface area contributed by atoms with Gasteiger partial charge in [0.15, 0.2) is 11.4 Å². The number of hydrogen-bond acceptors (Lipinski definition) is 11. The summed E-state index contributed by atoms with van der Waals surface area (Å²) >= 11 is 0. The Kier molecular flexibility index (Phi) is 5.79. The van der Waals surface area contributed by atoms with E-state index in [0.717, 1.165) is 0 Å². The third-order valence-corrected chi connectivity index (χ3v) is 13.7. The fourth-order valence-corrected chi connectivity index (χ4v) is 11.5. The summed E-state index contributed by atoms with van der Waals surface area (Å²) in [4.78, 5) is 52.1. The molecule has 7 aliphatic rings. The molecule has 11 heteroatoms. The smallest absolute Gasteiger partial charge is 0.343 e. The van der Waals surface area contributed by atoms with E-state index in [9.17, 15) is 34.5 Å². The molecule has 2 aliphatic heterocycles. The van der Waals surface area contributed by atoms with Crippen LogP contribution in [0.15, 0.2) is 11.8 Å². The highest BCUT2D eigenvalue weighted by Gasteiger charge is 2.81. The zero-order valence-electron chi connectivity index (χ0n) is 25.7. The second-order valence-corrected chi connectivity index (χ2v) is 15.2. The quantitative estimate of drug-likeness (QED) is 0.238. The fraction of sp³-hybridized carbons (Fsp3) is 0.812. The van der Waals surface area contributed by atoms with Crippen molar-refractivity contribution in [2.45, 2.75) is 109 Å². The van der Waals surface area contributed by atoms with Gasteiger partial charge < -0.3 is 34.3 Å². The van der Waals surface area contributed by atoms with Crippen molar-refractivity contribution < 1.29 is 53.4 Å². The number of aliphatic hydroxyl groups is 3. The van der Waals surface area contributed by atoms with Crippen molar-refractivity contribution in [3.05, 3.63) is 11.8 Å². The Morgan fingerprint density at radius 3 is 2.26 bits per heavy atom. The van der Waals surface area contributed by atoms with Crippen molar-refractivity contribution in [1.82, 2.24) is 0 Å². The topological polar surface area (TPSA) is 169 Å². The SMILES string of the molecule is CC(=O)O[C@H]1C[C@H]2[C@@H]([C@H](O)C(=O)[C@@]3(O)C[C@@H]4O[C@@H]4[C@H](OC(C)=O)[C@]23C)[C@@H]2C[C@@H]3[C@H]([C@H](C)C=C4OC(=O)[C@@](C)(O)[C@@]43C)[C@@]12C. The van der Waals surface area contributed by atoms with Crippen molar-refractivity contribution in [3.8, 4) is 0 Å². The highest BCUT2D eigenvalue weighted by molar-refractivity contribution is 5.94. The largest absolute Gasteiger partial charge is 0.462 e.